The van der Waals surface area contributed by atoms with E-state index in [1.807, 2.05) is 0 Å². The average Bonchev–Trinajstić information content (AvgIpc) is 2.64. The Kier molecular flexibility index (Phi) is 5.78. The number of rotatable bonds is 6. The predicted molar refractivity (Wildman–Crippen MR) is 92.6 cm³/mol. The van der Waals surface area contributed by atoms with E-state index in [1.54, 1.807) is 6.07 Å². The number of carbonyl (C=O) groups is 1. The van der Waals surface area contributed by atoms with Crippen molar-refractivity contribution in [3.63, 3.8) is 0 Å². The third kappa shape index (κ3) is 4.76. The van der Waals surface area contributed by atoms with E-state index in [0.717, 1.165) is 32.0 Å². The summed E-state index contributed by atoms with van der Waals surface area (Å²) in [5.74, 6) is -0.447. The first-order chi connectivity index (χ1) is 12.5. The molecule has 2 aromatic rings. The van der Waals surface area contributed by atoms with Crippen LogP contribution in [-0.2, 0) is 6.54 Å². The van der Waals surface area contributed by atoms with Crippen LogP contribution in [0.5, 0.6) is 5.75 Å². The summed E-state index contributed by atoms with van der Waals surface area (Å²) in [6.07, 6.45) is 3.31. The summed E-state index contributed by atoms with van der Waals surface area (Å²) in [7, 11) is 0. The van der Waals surface area contributed by atoms with Crippen molar-refractivity contribution in [1.29, 1.82) is 0 Å². The predicted octanol–water partition coefficient (Wildman–Crippen LogP) is 2.75. The Balaban J connectivity index is 1.47. The second-order valence-electron chi connectivity index (χ2n) is 6.51. The van der Waals surface area contributed by atoms with Gasteiger partial charge < -0.3 is 10.5 Å². The highest BCUT2D eigenvalue weighted by Crippen LogP contribution is 2.22. The van der Waals surface area contributed by atoms with Gasteiger partial charge in [-0.2, -0.15) is 0 Å². The van der Waals surface area contributed by atoms with Crippen LogP contribution in [0.1, 0.15) is 28.9 Å². The van der Waals surface area contributed by atoms with Gasteiger partial charge in [0.1, 0.15) is 23.1 Å². The SMILES string of the molecule is NC(=O)c1cc(OCC2CCN(Cc3cc(F)ccc3F)CC2)ccn1. The van der Waals surface area contributed by atoms with E-state index in [-0.39, 0.29) is 11.5 Å². The molecule has 7 heteroatoms. The number of primary amides is 1. The van der Waals surface area contributed by atoms with Crippen molar-refractivity contribution in [2.75, 3.05) is 19.7 Å². The fourth-order valence-corrected chi connectivity index (χ4v) is 3.07. The second-order valence-corrected chi connectivity index (χ2v) is 6.51. The van der Waals surface area contributed by atoms with E-state index in [9.17, 15) is 13.6 Å². The molecule has 1 fully saturated rings. The molecule has 0 atom stereocenters. The van der Waals surface area contributed by atoms with Gasteiger partial charge in [-0.15, -0.1) is 0 Å². The van der Waals surface area contributed by atoms with Gasteiger partial charge in [-0.1, -0.05) is 0 Å². The number of carbonyl (C=O) groups excluding carboxylic acids is 1. The van der Waals surface area contributed by atoms with Crippen LogP contribution >= 0.6 is 0 Å². The molecule has 2 heterocycles. The van der Waals surface area contributed by atoms with Gasteiger partial charge in [-0.05, 0) is 56.1 Å². The lowest BCUT2D eigenvalue weighted by atomic mass is 9.97. The summed E-state index contributed by atoms with van der Waals surface area (Å²) >= 11 is 0. The molecule has 2 N–H and O–H groups in total. The number of ether oxygens (including phenoxy) is 1. The second kappa shape index (κ2) is 8.23. The van der Waals surface area contributed by atoms with Gasteiger partial charge in [-0.25, -0.2) is 8.78 Å². The standard InChI is InChI=1S/C19H21F2N3O2/c20-15-1-2-17(21)14(9-15)11-24-7-4-13(5-8-24)12-26-16-3-6-23-18(10-16)19(22)25/h1-3,6,9-10,13H,4-5,7-8,11-12H2,(H2,22,25). The molecule has 0 saturated carbocycles. The van der Waals surface area contributed by atoms with E-state index in [4.69, 9.17) is 10.5 Å². The van der Waals surface area contributed by atoms with Crippen molar-refractivity contribution in [3.8, 4) is 5.75 Å². The first-order valence-electron chi connectivity index (χ1n) is 8.56. The Bertz CT molecular complexity index is 777. The molecule has 1 aliphatic rings. The molecule has 138 valence electrons. The first kappa shape index (κ1) is 18.3. The van der Waals surface area contributed by atoms with Gasteiger partial charge in [0.2, 0.25) is 0 Å². The highest BCUT2D eigenvalue weighted by Gasteiger charge is 2.21. The largest absolute Gasteiger partial charge is 0.493 e. The number of amides is 1. The Morgan fingerprint density at radius 3 is 2.73 bits per heavy atom. The zero-order valence-electron chi connectivity index (χ0n) is 14.3. The molecule has 1 amide bonds. The van der Waals surface area contributed by atoms with Crippen molar-refractivity contribution >= 4 is 5.91 Å². The van der Waals surface area contributed by atoms with Crippen LogP contribution in [0.3, 0.4) is 0 Å². The lowest BCUT2D eigenvalue weighted by Crippen LogP contribution is -2.35. The molecule has 5 nitrogen and oxygen atoms in total. The molecular formula is C19H21F2N3O2. The number of likely N-dealkylation sites (tertiary alicyclic amines) is 1. The van der Waals surface area contributed by atoms with Crippen LogP contribution in [-0.4, -0.2) is 35.5 Å². The van der Waals surface area contributed by atoms with Crippen LogP contribution in [0, 0.1) is 17.6 Å². The van der Waals surface area contributed by atoms with Gasteiger partial charge in [-0.3, -0.25) is 14.7 Å². The molecular weight excluding hydrogens is 340 g/mol. The number of nitrogens with two attached hydrogens (primary N) is 1. The number of nitrogens with zero attached hydrogens (tertiary/aromatic N) is 2. The molecule has 1 aromatic heterocycles. The summed E-state index contributed by atoms with van der Waals surface area (Å²) < 4.78 is 32.8. The normalized spacial score (nSPS) is 15.8. The van der Waals surface area contributed by atoms with E-state index < -0.39 is 11.7 Å². The van der Waals surface area contributed by atoms with Crippen molar-refractivity contribution < 1.29 is 18.3 Å². The third-order valence-corrected chi connectivity index (χ3v) is 4.58. The Morgan fingerprint density at radius 2 is 2.00 bits per heavy atom. The maximum Gasteiger partial charge on any atom is 0.267 e. The molecule has 0 bridgehead atoms. The highest BCUT2D eigenvalue weighted by molar-refractivity contribution is 5.91. The van der Waals surface area contributed by atoms with Crippen LogP contribution in [0.25, 0.3) is 0 Å². The zero-order chi connectivity index (χ0) is 18.5. The quantitative estimate of drug-likeness (QED) is 0.859. The van der Waals surface area contributed by atoms with E-state index in [2.05, 4.69) is 9.88 Å². The summed E-state index contributed by atoms with van der Waals surface area (Å²) in [6, 6.07) is 6.77. The van der Waals surface area contributed by atoms with Crippen molar-refractivity contribution in [2.24, 2.45) is 11.7 Å². The van der Waals surface area contributed by atoms with Gasteiger partial charge in [0.05, 0.1) is 6.61 Å². The maximum absolute atomic E-state index is 13.7. The molecule has 26 heavy (non-hydrogen) atoms. The van der Waals surface area contributed by atoms with Gasteiger partial charge in [0.15, 0.2) is 0 Å². The van der Waals surface area contributed by atoms with Gasteiger partial charge >= 0.3 is 0 Å². The topological polar surface area (TPSA) is 68.5 Å². The first-order valence-corrected chi connectivity index (χ1v) is 8.56. The fourth-order valence-electron chi connectivity index (χ4n) is 3.07. The Hall–Kier alpha value is -2.54. The van der Waals surface area contributed by atoms with Gasteiger partial charge in [0, 0.05) is 24.4 Å². The highest BCUT2D eigenvalue weighted by atomic mass is 19.1. The summed E-state index contributed by atoms with van der Waals surface area (Å²) in [5.41, 5.74) is 5.77. The van der Waals surface area contributed by atoms with Crippen LogP contribution in [0.15, 0.2) is 36.5 Å². The lowest BCUT2D eigenvalue weighted by Gasteiger charge is -2.31. The smallest absolute Gasteiger partial charge is 0.267 e. The number of hydrogen-bond acceptors (Lipinski definition) is 4. The number of halogens is 2. The van der Waals surface area contributed by atoms with Crippen molar-refractivity contribution in [1.82, 2.24) is 9.88 Å². The minimum atomic E-state index is -0.590. The molecule has 1 aliphatic heterocycles. The Morgan fingerprint density at radius 1 is 1.23 bits per heavy atom. The summed E-state index contributed by atoms with van der Waals surface area (Å²) in [4.78, 5) is 17.1. The zero-order valence-corrected chi connectivity index (χ0v) is 14.3. The number of hydrogen-bond donors (Lipinski definition) is 1. The molecule has 1 aromatic carbocycles. The molecule has 0 spiro atoms. The van der Waals surface area contributed by atoms with Gasteiger partial charge in [0.25, 0.3) is 5.91 Å². The number of piperidine rings is 1. The molecule has 0 radical (unpaired) electrons. The monoisotopic (exact) mass is 361 g/mol. The molecule has 1 saturated heterocycles. The number of aromatic nitrogens is 1. The minimum absolute atomic E-state index is 0.175. The molecule has 3 rings (SSSR count). The summed E-state index contributed by atoms with van der Waals surface area (Å²) in [5, 5.41) is 0. The summed E-state index contributed by atoms with van der Waals surface area (Å²) in [6.45, 7) is 2.54. The molecule has 0 aliphatic carbocycles. The number of pyridine rings is 1. The van der Waals surface area contributed by atoms with Crippen LogP contribution in [0.4, 0.5) is 8.78 Å². The minimum Gasteiger partial charge on any atom is -0.493 e. The maximum atomic E-state index is 13.7. The van der Waals surface area contributed by atoms with E-state index >= 15 is 0 Å². The Labute approximate surface area is 150 Å². The van der Waals surface area contributed by atoms with E-state index in [1.165, 1.54) is 24.4 Å². The average molecular weight is 361 g/mol. The van der Waals surface area contributed by atoms with Crippen molar-refractivity contribution in [2.45, 2.75) is 19.4 Å². The third-order valence-electron chi connectivity index (χ3n) is 4.58. The lowest BCUT2D eigenvalue weighted by molar-refractivity contribution is 0.0994. The van der Waals surface area contributed by atoms with Crippen molar-refractivity contribution in [3.05, 3.63) is 59.4 Å². The van der Waals surface area contributed by atoms with Crippen LogP contribution < -0.4 is 10.5 Å². The fraction of sp³-hybridized carbons (Fsp3) is 0.368. The molecule has 0 unspecified atom stereocenters. The number of benzene rings is 1. The van der Waals surface area contributed by atoms with Crippen LogP contribution in [0.2, 0.25) is 0 Å². The van der Waals surface area contributed by atoms with E-state index in [0.29, 0.717) is 30.4 Å².